The fourth-order valence-electron chi connectivity index (χ4n) is 3.70. The molecule has 118 valence electrons. The van der Waals surface area contributed by atoms with E-state index >= 15 is 0 Å². The van der Waals surface area contributed by atoms with E-state index in [1.165, 1.54) is 37.2 Å². The van der Waals surface area contributed by atoms with E-state index in [-0.39, 0.29) is 6.04 Å². The second-order valence-corrected chi connectivity index (χ2v) is 7.23. The van der Waals surface area contributed by atoms with Gasteiger partial charge in [-0.2, -0.15) is 0 Å². The van der Waals surface area contributed by atoms with Crippen molar-refractivity contribution in [2.45, 2.75) is 25.3 Å². The number of rotatable bonds is 3. The molecule has 1 aliphatic heterocycles. The summed E-state index contributed by atoms with van der Waals surface area (Å²) in [6.07, 6.45) is 5.61. The SMILES string of the molecule is Oc1c([C@H](c2cccs2)[NH+]2CCCCC2)ccc2cccnc12. The number of phenols is 1. The first-order valence-corrected chi connectivity index (χ1v) is 9.17. The molecule has 0 aliphatic carbocycles. The van der Waals surface area contributed by atoms with Crippen LogP contribution in [0.25, 0.3) is 10.9 Å². The number of pyridine rings is 1. The molecule has 4 rings (SSSR count). The highest BCUT2D eigenvalue weighted by molar-refractivity contribution is 7.10. The number of quaternary nitrogens is 1. The van der Waals surface area contributed by atoms with Crippen molar-refractivity contribution in [3.8, 4) is 5.75 Å². The molecule has 23 heavy (non-hydrogen) atoms. The molecule has 1 atom stereocenters. The van der Waals surface area contributed by atoms with E-state index in [9.17, 15) is 5.11 Å². The summed E-state index contributed by atoms with van der Waals surface area (Å²) < 4.78 is 0. The van der Waals surface area contributed by atoms with Crippen molar-refractivity contribution < 1.29 is 10.0 Å². The van der Waals surface area contributed by atoms with Crippen LogP contribution >= 0.6 is 11.3 Å². The van der Waals surface area contributed by atoms with E-state index < -0.39 is 0 Å². The molecular formula is C19H21N2OS+. The molecule has 0 saturated carbocycles. The number of piperidine rings is 1. The summed E-state index contributed by atoms with van der Waals surface area (Å²) in [5.41, 5.74) is 1.72. The predicted octanol–water partition coefficient (Wildman–Crippen LogP) is 3.16. The number of likely N-dealkylation sites (tertiary alicyclic amines) is 1. The third-order valence-electron chi connectivity index (χ3n) is 4.82. The zero-order valence-electron chi connectivity index (χ0n) is 13.0. The van der Waals surface area contributed by atoms with Crippen molar-refractivity contribution >= 4 is 22.2 Å². The molecule has 3 heterocycles. The Bertz CT molecular complexity index is 794. The van der Waals surface area contributed by atoms with E-state index in [0.29, 0.717) is 11.3 Å². The number of nitrogens with one attached hydrogen (secondary N) is 1. The number of thiophene rings is 1. The summed E-state index contributed by atoms with van der Waals surface area (Å²) >= 11 is 1.78. The Hall–Kier alpha value is -1.91. The van der Waals surface area contributed by atoms with Crippen molar-refractivity contribution in [3.05, 3.63) is 58.4 Å². The molecule has 4 heteroatoms. The topological polar surface area (TPSA) is 37.6 Å². The first-order chi connectivity index (χ1) is 11.3. The van der Waals surface area contributed by atoms with Gasteiger partial charge in [0.15, 0.2) is 11.8 Å². The molecule has 2 aromatic heterocycles. The highest BCUT2D eigenvalue weighted by Gasteiger charge is 2.31. The van der Waals surface area contributed by atoms with Gasteiger partial charge in [-0.15, -0.1) is 11.3 Å². The summed E-state index contributed by atoms with van der Waals surface area (Å²) in [5.74, 6) is 0.347. The number of benzene rings is 1. The molecule has 3 nitrogen and oxygen atoms in total. The van der Waals surface area contributed by atoms with Crippen molar-refractivity contribution in [3.63, 3.8) is 0 Å². The van der Waals surface area contributed by atoms with E-state index in [2.05, 4.69) is 34.6 Å². The number of hydrogen-bond donors (Lipinski definition) is 2. The van der Waals surface area contributed by atoms with Crippen LogP contribution in [0.2, 0.25) is 0 Å². The molecule has 0 radical (unpaired) electrons. The Morgan fingerprint density at radius 3 is 2.70 bits per heavy atom. The zero-order valence-corrected chi connectivity index (χ0v) is 13.9. The van der Waals surface area contributed by atoms with Crippen LogP contribution in [-0.4, -0.2) is 23.2 Å². The molecular weight excluding hydrogens is 304 g/mol. The van der Waals surface area contributed by atoms with E-state index in [1.807, 2.05) is 12.1 Å². The van der Waals surface area contributed by atoms with Crippen LogP contribution in [0.4, 0.5) is 0 Å². The molecule has 1 saturated heterocycles. The van der Waals surface area contributed by atoms with Crippen molar-refractivity contribution in [1.29, 1.82) is 0 Å². The van der Waals surface area contributed by atoms with Crippen LogP contribution < -0.4 is 4.90 Å². The molecule has 1 aromatic carbocycles. The largest absolute Gasteiger partial charge is 0.505 e. The normalized spacial score (nSPS) is 17.4. The van der Waals surface area contributed by atoms with E-state index in [1.54, 1.807) is 22.4 Å². The van der Waals surface area contributed by atoms with Gasteiger partial charge in [0, 0.05) is 11.6 Å². The van der Waals surface area contributed by atoms with Gasteiger partial charge >= 0.3 is 0 Å². The Kier molecular flexibility index (Phi) is 4.02. The first kappa shape index (κ1) is 14.7. The van der Waals surface area contributed by atoms with Crippen LogP contribution in [0.15, 0.2) is 48.0 Å². The molecule has 0 spiro atoms. The van der Waals surface area contributed by atoms with Gasteiger partial charge < -0.3 is 10.0 Å². The van der Waals surface area contributed by atoms with Gasteiger partial charge in [-0.3, -0.25) is 4.98 Å². The van der Waals surface area contributed by atoms with Crippen LogP contribution in [0.1, 0.15) is 35.7 Å². The van der Waals surface area contributed by atoms with Gasteiger partial charge in [-0.25, -0.2) is 0 Å². The lowest BCUT2D eigenvalue weighted by Crippen LogP contribution is -3.13. The second-order valence-electron chi connectivity index (χ2n) is 6.25. The Morgan fingerprint density at radius 1 is 1.04 bits per heavy atom. The average molecular weight is 325 g/mol. The molecule has 0 unspecified atom stereocenters. The van der Waals surface area contributed by atoms with Crippen LogP contribution in [0.3, 0.4) is 0 Å². The third kappa shape index (κ3) is 2.73. The average Bonchev–Trinajstić information content (AvgIpc) is 3.13. The maximum absolute atomic E-state index is 10.9. The first-order valence-electron chi connectivity index (χ1n) is 8.29. The van der Waals surface area contributed by atoms with Crippen molar-refractivity contribution in [1.82, 2.24) is 4.98 Å². The summed E-state index contributed by atoms with van der Waals surface area (Å²) in [6, 6.07) is 12.6. The smallest absolute Gasteiger partial charge is 0.152 e. The Labute approximate surface area is 140 Å². The zero-order chi connectivity index (χ0) is 15.6. The van der Waals surface area contributed by atoms with Gasteiger partial charge in [0.25, 0.3) is 0 Å². The highest BCUT2D eigenvalue weighted by atomic mass is 32.1. The van der Waals surface area contributed by atoms with Crippen LogP contribution in [0, 0.1) is 0 Å². The minimum atomic E-state index is 0.210. The monoisotopic (exact) mass is 325 g/mol. The number of phenolic OH excluding ortho intramolecular Hbond substituents is 1. The van der Waals surface area contributed by atoms with E-state index in [0.717, 1.165) is 10.9 Å². The third-order valence-corrected chi connectivity index (χ3v) is 5.76. The van der Waals surface area contributed by atoms with Gasteiger partial charge in [0.2, 0.25) is 0 Å². The second kappa shape index (κ2) is 6.30. The number of fused-ring (bicyclic) bond motifs is 1. The lowest BCUT2D eigenvalue weighted by Gasteiger charge is -2.31. The van der Waals surface area contributed by atoms with Gasteiger partial charge in [0.1, 0.15) is 5.52 Å². The summed E-state index contributed by atoms with van der Waals surface area (Å²) in [7, 11) is 0. The number of hydrogen-bond acceptors (Lipinski definition) is 3. The minimum absolute atomic E-state index is 0.210. The molecule has 2 N–H and O–H groups in total. The Morgan fingerprint density at radius 2 is 1.91 bits per heavy atom. The molecule has 3 aromatic rings. The molecule has 1 aliphatic rings. The molecule has 1 fully saturated rings. The number of aromatic nitrogens is 1. The fraction of sp³-hybridized carbons (Fsp3) is 0.316. The van der Waals surface area contributed by atoms with Crippen molar-refractivity contribution in [2.75, 3.05) is 13.1 Å². The molecule has 0 bridgehead atoms. The minimum Gasteiger partial charge on any atom is -0.505 e. The fourth-order valence-corrected chi connectivity index (χ4v) is 4.60. The molecule has 0 amide bonds. The maximum atomic E-state index is 10.9. The van der Waals surface area contributed by atoms with Gasteiger partial charge in [-0.1, -0.05) is 18.2 Å². The number of nitrogens with zero attached hydrogens (tertiary/aromatic N) is 1. The predicted molar refractivity (Wildman–Crippen MR) is 94.1 cm³/mol. The maximum Gasteiger partial charge on any atom is 0.152 e. The standard InChI is InChI=1S/C19H20N2OS/c22-19-15(9-8-14-6-4-10-20-17(14)19)18(16-7-5-13-23-16)21-11-2-1-3-12-21/h4-10,13,18,22H,1-3,11-12H2/p+1/t18-/m1/s1. The summed E-state index contributed by atoms with van der Waals surface area (Å²) in [6.45, 7) is 2.34. The number of aromatic hydroxyl groups is 1. The lowest BCUT2D eigenvalue weighted by atomic mass is 9.98. The highest BCUT2D eigenvalue weighted by Crippen LogP contribution is 2.34. The van der Waals surface area contributed by atoms with Crippen LogP contribution in [0.5, 0.6) is 5.75 Å². The lowest BCUT2D eigenvalue weighted by molar-refractivity contribution is -0.929. The quantitative estimate of drug-likeness (QED) is 0.776. The van der Waals surface area contributed by atoms with Gasteiger partial charge in [0.05, 0.1) is 23.5 Å². The van der Waals surface area contributed by atoms with E-state index in [4.69, 9.17) is 0 Å². The van der Waals surface area contributed by atoms with Crippen molar-refractivity contribution in [2.24, 2.45) is 0 Å². The van der Waals surface area contributed by atoms with Crippen LogP contribution in [-0.2, 0) is 0 Å². The van der Waals surface area contributed by atoms with Gasteiger partial charge in [-0.05, 0) is 42.8 Å². The summed E-state index contributed by atoms with van der Waals surface area (Å²) in [5, 5.41) is 14.0. The Balaban J connectivity index is 1.84. The summed E-state index contributed by atoms with van der Waals surface area (Å²) in [4.78, 5) is 7.28.